The Kier molecular flexibility index (Phi) is 7.88. The summed E-state index contributed by atoms with van der Waals surface area (Å²) in [6.07, 6.45) is 2.13. The second-order valence-corrected chi connectivity index (χ2v) is 7.55. The number of furan rings is 1. The molecule has 0 aromatic carbocycles. The van der Waals surface area contributed by atoms with E-state index >= 15 is 0 Å². The van der Waals surface area contributed by atoms with Crippen LogP contribution in [0.25, 0.3) is 0 Å². The normalized spacial score (nSPS) is 20.3. The Bertz CT molecular complexity index is 682. The fourth-order valence-corrected chi connectivity index (χ4v) is 4.24. The minimum absolute atomic E-state index is 0. The van der Waals surface area contributed by atoms with Gasteiger partial charge in [0.25, 0.3) is 0 Å². The van der Waals surface area contributed by atoms with Gasteiger partial charge < -0.3 is 19.2 Å². The van der Waals surface area contributed by atoms with Gasteiger partial charge >= 0.3 is 5.97 Å². The lowest BCUT2D eigenvalue weighted by Gasteiger charge is -2.28. The molecule has 0 saturated carbocycles. The largest absolute Gasteiger partial charge is 0.463 e. The topological polar surface area (TPSA) is 107 Å². The van der Waals surface area contributed by atoms with Crippen molar-refractivity contribution in [1.29, 1.82) is 0 Å². The van der Waals surface area contributed by atoms with E-state index in [9.17, 15) is 13.2 Å². The molecule has 1 fully saturated rings. The number of nitrogens with one attached hydrogen (secondary N) is 2. The van der Waals surface area contributed by atoms with E-state index in [1.807, 2.05) is 0 Å². The third-order valence-electron chi connectivity index (χ3n) is 4.12. The molecule has 1 aliphatic rings. The fraction of sp³-hybridized carbons (Fsp3) is 0.667. The maximum atomic E-state index is 12.6. The highest BCUT2D eigenvalue weighted by atomic mass is 35.5. The summed E-state index contributed by atoms with van der Waals surface area (Å²) in [5.41, 5.74) is -0.414. The van der Waals surface area contributed by atoms with Crippen LogP contribution < -0.4 is 10.0 Å². The number of ether oxygens (including phenoxy) is 2. The lowest BCUT2D eigenvalue weighted by atomic mass is 9.99. The Hall–Kier alpha value is -1.13. The molecule has 8 nitrogen and oxygen atoms in total. The average molecular weight is 397 g/mol. The minimum Gasteiger partial charge on any atom is -0.463 e. The van der Waals surface area contributed by atoms with Gasteiger partial charge in [-0.3, -0.25) is 0 Å². The molecule has 1 saturated heterocycles. The highest BCUT2D eigenvalue weighted by Gasteiger charge is 2.35. The molecule has 0 radical (unpaired) electrons. The van der Waals surface area contributed by atoms with E-state index in [1.54, 1.807) is 14.0 Å². The number of hydrogen-bond donors (Lipinski definition) is 2. The first-order chi connectivity index (χ1) is 11.4. The van der Waals surface area contributed by atoms with Gasteiger partial charge in [0, 0.05) is 26.1 Å². The van der Waals surface area contributed by atoms with Crippen LogP contribution in [-0.2, 0) is 25.9 Å². The predicted octanol–water partition coefficient (Wildman–Crippen LogP) is 1.10. The average Bonchev–Trinajstić information content (AvgIpc) is 3.20. The molecule has 1 aromatic rings. The Morgan fingerprint density at radius 2 is 2.16 bits per heavy atom. The molecule has 0 bridgehead atoms. The predicted molar refractivity (Wildman–Crippen MR) is 93.7 cm³/mol. The highest BCUT2D eigenvalue weighted by molar-refractivity contribution is 7.89. The molecule has 2 heterocycles. The standard InChI is InChI=1S/C15H24N2O6S.ClH/c1-4-11-13(8-12(23-11)14(18)22-3)24(19,20)17-9-15(10-21-2)6-5-7-16-15;/h8,16-17H,4-7,9-10H2,1-3H3;1H. The van der Waals surface area contributed by atoms with E-state index < -0.39 is 21.5 Å². The summed E-state index contributed by atoms with van der Waals surface area (Å²) in [6, 6.07) is 1.21. The zero-order valence-corrected chi connectivity index (χ0v) is 16.2. The number of rotatable bonds is 8. The van der Waals surface area contributed by atoms with Crippen molar-refractivity contribution in [3.05, 3.63) is 17.6 Å². The van der Waals surface area contributed by atoms with Gasteiger partial charge in [0.15, 0.2) is 0 Å². The summed E-state index contributed by atoms with van der Waals surface area (Å²) in [5.74, 6) is -0.608. The number of esters is 1. The zero-order chi connectivity index (χ0) is 17.8. The van der Waals surface area contributed by atoms with Gasteiger partial charge in [-0.05, 0) is 19.4 Å². The summed E-state index contributed by atoms with van der Waals surface area (Å²) in [7, 11) is -1.02. The van der Waals surface area contributed by atoms with E-state index in [-0.39, 0.29) is 35.4 Å². The third-order valence-corrected chi connectivity index (χ3v) is 5.57. The first-order valence-corrected chi connectivity index (χ1v) is 9.30. The molecule has 1 aromatic heterocycles. The van der Waals surface area contributed by atoms with E-state index in [0.717, 1.165) is 19.4 Å². The number of aryl methyl sites for hydroxylation is 1. The Morgan fingerprint density at radius 1 is 1.44 bits per heavy atom. The zero-order valence-electron chi connectivity index (χ0n) is 14.6. The molecule has 1 aliphatic heterocycles. The van der Waals surface area contributed by atoms with Crippen molar-refractivity contribution in [3.63, 3.8) is 0 Å². The monoisotopic (exact) mass is 396 g/mol. The van der Waals surface area contributed by atoms with Crippen LogP contribution in [0.1, 0.15) is 36.1 Å². The Balaban J connectivity index is 0.00000312. The van der Waals surface area contributed by atoms with Crippen molar-refractivity contribution in [3.8, 4) is 0 Å². The number of methoxy groups -OCH3 is 2. The quantitative estimate of drug-likeness (QED) is 0.633. The van der Waals surface area contributed by atoms with Crippen LogP contribution in [0.4, 0.5) is 0 Å². The lowest BCUT2D eigenvalue weighted by Crippen LogP contribution is -2.52. The summed E-state index contributed by atoms with van der Waals surface area (Å²) < 4.78 is 43.0. The number of sulfonamides is 1. The van der Waals surface area contributed by atoms with Crippen LogP contribution in [0.2, 0.25) is 0 Å². The molecule has 2 rings (SSSR count). The van der Waals surface area contributed by atoms with Crippen molar-refractivity contribution < 1.29 is 27.1 Å². The summed E-state index contributed by atoms with van der Waals surface area (Å²) in [6.45, 7) is 3.19. The summed E-state index contributed by atoms with van der Waals surface area (Å²) >= 11 is 0. The maximum absolute atomic E-state index is 12.6. The van der Waals surface area contributed by atoms with Crippen LogP contribution in [0.5, 0.6) is 0 Å². The van der Waals surface area contributed by atoms with Crippen molar-refractivity contribution in [1.82, 2.24) is 10.0 Å². The second-order valence-electron chi connectivity index (χ2n) is 5.81. The number of carbonyl (C=O) groups excluding carboxylic acids is 1. The number of halogens is 1. The SMILES string of the molecule is CCc1oc(C(=O)OC)cc1S(=O)(=O)NCC1(COC)CCCN1.Cl. The van der Waals surface area contributed by atoms with Crippen molar-refractivity contribution in [2.45, 2.75) is 36.6 Å². The first-order valence-electron chi connectivity index (χ1n) is 7.82. The van der Waals surface area contributed by atoms with Gasteiger partial charge in [-0.25, -0.2) is 17.9 Å². The summed E-state index contributed by atoms with van der Waals surface area (Å²) in [5, 5.41) is 3.31. The molecule has 0 aliphatic carbocycles. The molecule has 25 heavy (non-hydrogen) atoms. The van der Waals surface area contributed by atoms with E-state index in [1.165, 1.54) is 13.2 Å². The van der Waals surface area contributed by atoms with Crippen molar-refractivity contribution in [2.75, 3.05) is 33.9 Å². The molecule has 10 heteroatoms. The van der Waals surface area contributed by atoms with Crippen LogP contribution in [0.15, 0.2) is 15.4 Å². The first kappa shape index (κ1) is 21.9. The lowest BCUT2D eigenvalue weighted by molar-refractivity contribution is 0.0563. The molecule has 144 valence electrons. The van der Waals surface area contributed by atoms with Crippen molar-refractivity contribution >= 4 is 28.4 Å². The van der Waals surface area contributed by atoms with E-state index in [4.69, 9.17) is 9.15 Å². The molecule has 1 unspecified atom stereocenters. The maximum Gasteiger partial charge on any atom is 0.373 e. The van der Waals surface area contributed by atoms with E-state index in [2.05, 4.69) is 14.8 Å². The van der Waals surface area contributed by atoms with Gasteiger partial charge in [0.2, 0.25) is 15.8 Å². The Labute approximate surface area is 154 Å². The summed E-state index contributed by atoms with van der Waals surface area (Å²) in [4.78, 5) is 11.5. The second kappa shape index (κ2) is 9.00. The van der Waals surface area contributed by atoms with Crippen LogP contribution >= 0.6 is 12.4 Å². The van der Waals surface area contributed by atoms with Gasteiger partial charge in [0.05, 0.1) is 19.3 Å². The van der Waals surface area contributed by atoms with Gasteiger partial charge in [-0.2, -0.15) is 0 Å². The van der Waals surface area contributed by atoms with Gasteiger partial charge in [-0.1, -0.05) is 6.92 Å². The van der Waals surface area contributed by atoms with Crippen LogP contribution in [0.3, 0.4) is 0 Å². The van der Waals surface area contributed by atoms with Gasteiger partial charge in [0.1, 0.15) is 10.7 Å². The van der Waals surface area contributed by atoms with E-state index in [0.29, 0.717) is 13.0 Å². The third kappa shape index (κ3) is 4.95. The molecule has 1 atom stereocenters. The Morgan fingerprint density at radius 3 is 2.68 bits per heavy atom. The van der Waals surface area contributed by atoms with Gasteiger partial charge in [-0.15, -0.1) is 12.4 Å². The van der Waals surface area contributed by atoms with Crippen molar-refractivity contribution in [2.24, 2.45) is 0 Å². The molecule has 0 spiro atoms. The van der Waals surface area contributed by atoms with Crippen LogP contribution in [-0.4, -0.2) is 53.8 Å². The molecule has 0 amide bonds. The number of hydrogen-bond acceptors (Lipinski definition) is 7. The highest BCUT2D eigenvalue weighted by Crippen LogP contribution is 2.24. The molecule has 2 N–H and O–H groups in total. The molecular weight excluding hydrogens is 372 g/mol. The number of carbonyl (C=O) groups is 1. The smallest absolute Gasteiger partial charge is 0.373 e. The fourth-order valence-electron chi connectivity index (χ4n) is 2.87. The minimum atomic E-state index is -3.81. The molecular formula is C15H25ClN2O6S. The van der Waals surface area contributed by atoms with Crippen LogP contribution in [0, 0.1) is 0 Å².